The third-order valence-electron chi connectivity index (χ3n) is 3.81. The van der Waals surface area contributed by atoms with Crippen LogP contribution in [-0.4, -0.2) is 13.4 Å². The van der Waals surface area contributed by atoms with Crippen LogP contribution in [0.4, 0.5) is 11.6 Å². The molecule has 0 unspecified atom stereocenters. The molecule has 2 aromatic heterocycles. The molecule has 4 rings (SSSR count). The number of oxazole rings is 1. The quantitative estimate of drug-likeness (QED) is 0.386. The van der Waals surface area contributed by atoms with E-state index in [9.17, 15) is 8.42 Å². The summed E-state index contributed by atoms with van der Waals surface area (Å²) in [6.45, 7) is 0. The van der Waals surface area contributed by atoms with E-state index in [1.807, 2.05) is 11.4 Å². The molecular formula is C19H12Cl2N2O3S2. The average molecular weight is 451 g/mol. The molecule has 0 saturated heterocycles. The Bertz CT molecular complexity index is 1200. The summed E-state index contributed by atoms with van der Waals surface area (Å²) in [5, 5.41) is 5.65. The summed E-state index contributed by atoms with van der Waals surface area (Å²) in [7, 11) is -3.93. The normalized spacial score (nSPS) is 11.5. The fourth-order valence-corrected chi connectivity index (χ4v) is 4.62. The van der Waals surface area contributed by atoms with Crippen molar-refractivity contribution in [2.24, 2.45) is 0 Å². The van der Waals surface area contributed by atoms with Crippen molar-refractivity contribution >= 4 is 55.9 Å². The highest BCUT2D eigenvalue weighted by atomic mass is 35.5. The SMILES string of the molecule is O=S(=O)(c1ccc(Cl)cc1)c1nc(-c2cccs2)oc1Nc1ccc(Cl)cc1. The van der Waals surface area contributed by atoms with E-state index in [4.69, 9.17) is 27.6 Å². The second kappa shape index (κ2) is 7.60. The smallest absolute Gasteiger partial charge is 0.240 e. The Morgan fingerprint density at radius 1 is 0.929 bits per heavy atom. The Morgan fingerprint density at radius 3 is 2.18 bits per heavy atom. The standard InChI is InChI=1S/C19H12Cl2N2O3S2/c20-12-3-7-14(8-4-12)22-18-19(23-17(26-18)16-2-1-11-27-16)28(24,25)15-9-5-13(21)6-10-15/h1-11,22H. The highest BCUT2D eigenvalue weighted by molar-refractivity contribution is 7.91. The first-order chi connectivity index (χ1) is 13.4. The third-order valence-corrected chi connectivity index (χ3v) is 6.85. The zero-order valence-corrected chi connectivity index (χ0v) is 17.2. The maximum atomic E-state index is 13.2. The van der Waals surface area contributed by atoms with Crippen LogP contribution in [-0.2, 0) is 9.84 Å². The first-order valence-electron chi connectivity index (χ1n) is 8.01. The molecule has 4 aromatic rings. The van der Waals surface area contributed by atoms with Crippen molar-refractivity contribution in [3.8, 4) is 10.8 Å². The van der Waals surface area contributed by atoms with Gasteiger partial charge in [0.15, 0.2) is 0 Å². The molecule has 0 aliphatic rings. The number of aromatic nitrogens is 1. The molecular weight excluding hydrogens is 439 g/mol. The summed E-state index contributed by atoms with van der Waals surface area (Å²) in [4.78, 5) is 5.06. The summed E-state index contributed by atoms with van der Waals surface area (Å²) in [6.07, 6.45) is 0. The highest BCUT2D eigenvalue weighted by Gasteiger charge is 2.29. The monoisotopic (exact) mass is 450 g/mol. The van der Waals surface area contributed by atoms with E-state index in [2.05, 4.69) is 10.3 Å². The van der Waals surface area contributed by atoms with Crippen molar-refractivity contribution in [3.05, 3.63) is 76.1 Å². The zero-order valence-electron chi connectivity index (χ0n) is 14.1. The number of hydrogen-bond acceptors (Lipinski definition) is 6. The van der Waals surface area contributed by atoms with Gasteiger partial charge >= 0.3 is 0 Å². The number of benzene rings is 2. The van der Waals surface area contributed by atoms with Crippen LogP contribution in [0.3, 0.4) is 0 Å². The summed E-state index contributed by atoms with van der Waals surface area (Å²) >= 11 is 13.2. The van der Waals surface area contributed by atoms with Crippen LogP contribution in [0.15, 0.2) is 80.4 Å². The Kier molecular flexibility index (Phi) is 5.16. The number of nitrogens with zero attached hydrogens (tertiary/aromatic N) is 1. The van der Waals surface area contributed by atoms with Crippen LogP contribution in [0, 0.1) is 0 Å². The van der Waals surface area contributed by atoms with Crippen molar-refractivity contribution < 1.29 is 12.8 Å². The highest BCUT2D eigenvalue weighted by Crippen LogP contribution is 2.35. The van der Waals surface area contributed by atoms with Crippen LogP contribution in [0.1, 0.15) is 0 Å². The van der Waals surface area contributed by atoms with E-state index in [-0.39, 0.29) is 21.7 Å². The molecule has 0 fully saturated rings. The van der Waals surface area contributed by atoms with Crippen LogP contribution in [0.2, 0.25) is 10.0 Å². The van der Waals surface area contributed by atoms with Gasteiger partial charge in [0.1, 0.15) is 0 Å². The van der Waals surface area contributed by atoms with Gasteiger partial charge in [0.05, 0.1) is 9.77 Å². The van der Waals surface area contributed by atoms with Crippen molar-refractivity contribution in [1.29, 1.82) is 0 Å². The second-order valence-corrected chi connectivity index (χ2v) is 9.41. The number of hydrogen-bond donors (Lipinski definition) is 1. The van der Waals surface area contributed by atoms with E-state index < -0.39 is 9.84 Å². The molecule has 1 N–H and O–H groups in total. The summed E-state index contributed by atoms with van der Waals surface area (Å²) in [6, 6.07) is 16.4. The van der Waals surface area contributed by atoms with Gasteiger partial charge in [-0.3, -0.25) is 0 Å². The number of nitrogens with one attached hydrogen (secondary N) is 1. The Balaban J connectivity index is 1.82. The Labute approximate surface area is 175 Å². The molecule has 9 heteroatoms. The van der Waals surface area contributed by atoms with Gasteiger partial charge in [0, 0.05) is 15.7 Å². The minimum Gasteiger partial charge on any atom is -0.418 e. The third kappa shape index (κ3) is 3.79. The lowest BCUT2D eigenvalue weighted by molar-refractivity contribution is 0.582. The Morgan fingerprint density at radius 2 is 1.57 bits per heavy atom. The fourth-order valence-electron chi connectivity index (χ4n) is 2.46. The molecule has 2 heterocycles. The van der Waals surface area contributed by atoms with E-state index in [0.717, 1.165) is 4.88 Å². The van der Waals surface area contributed by atoms with Gasteiger partial charge in [-0.1, -0.05) is 29.3 Å². The molecule has 5 nitrogen and oxygen atoms in total. The molecule has 0 aliphatic carbocycles. The van der Waals surface area contributed by atoms with Crippen molar-refractivity contribution in [2.75, 3.05) is 5.32 Å². The van der Waals surface area contributed by atoms with Crippen molar-refractivity contribution in [2.45, 2.75) is 9.92 Å². The molecule has 0 spiro atoms. The van der Waals surface area contributed by atoms with Gasteiger partial charge in [-0.2, -0.15) is 4.98 Å². The molecule has 0 atom stereocenters. The number of rotatable bonds is 5. The maximum Gasteiger partial charge on any atom is 0.240 e. The van der Waals surface area contributed by atoms with Gasteiger partial charge in [-0.15, -0.1) is 11.3 Å². The predicted octanol–water partition coefficient (Wildman–Crippen LogP) is 6.29. The topological polar surface area (TPSA) is 72.2 Å². The molecule has 0 saturated carbocycles. The van der Waals surface area contributed by atoms with Crippen LogP contribution in [0.5, 0.6) is 0 Å². The minimum absolute atomic E-state index is 0.0284. The van der Waals surface area contributed by atoms with Gasteiger partial charge in [-0.05, 0) is 60.0 Å². The molecule has 0 bridgehead atoms. The van der Waals surface area contributed by atoms with Gasteiger partial charge in [-0.25, -0.2) is 8.42 Å². The first kappa shape index (κ1) is 19.0. The lowest BCUT2D eigenvalue weighted by Crippen LogP contribution is -2.05. The second-order valence-electron chi connectivity index (χ2n) is 5.72. The summed E-state index contributed by atoms with van der Waals surface area (Å²) in [5.41, 5.74) is 0.617. The molecule has 0 radical (unpaired) electrons. The predicted molar refractivity (Wildman–Crippen MR) is 111 cm³/mol. The van der Waals surface area contributed by atoms with Crippen molar-refractivity contribution in [3.63, 3.8) is 0 Å². The first-order valence-corrected chi connectivity index (χ1v) is 11.1. The van der Waals surface area contributed by atoms with E-state index in [1.54, 1.807) is 30.3 Å². The molecule has 28 heavy (non-hydrogen) atoms. The molecule has 0 amide bonds. The number of sulfone groups is 1. The van der Waals surface area contributed by atoms with Gasteiger partial charge < -0.3 is 9.73 Å². The molecule has 142 valence electrons. The number of thiophene rings is 1. The van der Waals surface area contributed by atoms with E-state index in [1.165, 1.54) is 35.6 Å². The zero-order chi connectivity index (χ0) is 19.7. The minimum atomic E-state index is -3.93. The van der Waals surface area contributed by atoms with E-state index in [0.29, 0.717) is 15.7 Å². The van der Waals surface area contributed by atoms with Crippen LogP contribution in [0.25, 0.3) is 10.8 Å². The fraction of sp³-hybridized carbons (Fsp3) is 0. The van der Waals surface area contributed by atoms with Crippen LogP contribution < -0.4 is 5.32 Å². The van der Waals surface area contributed by atoms with Crippen LogP contribution >= 0.6 is 34.5 Å². The largest absolute Gasteiger partial charge is 0.418 e. The average Bonchev–Trinajstić information content (AvgIpc) is 3.34. The van der Waals surface area contributed by atoms with Gasteiger partial charge in [0.2, 0.25) is 26.6 Å². The van der Waals surface area contributed by atoms with E-state index >= 15 is 0 Å². The maximum absolute atomic E-state index is 13.2. The summed E-state index contributed by atoms with van der Waals surface area (Å²) in [5.74, 6) is 0.250. The molecule has 0 aliphatic heterocycles. The molecule has 2 aromatic carbocycles. The lowest BCUT2D eigenvalue weighted by atomic mass is 10.3. The van der Waals surface area contributed by atoms with Gasteiger partial charge in [0.25, 0.3) is 0 Å². The lowest BCUT2D eigenvalue weighted by Gasteiger charge is -2.06. The van der Waals surface area contributed by atoms with Crippen molar-refractivity contribution in [1.82, 2.24) is 4.98 Å². The number of halogens is 2. The number of anilines is 2. The summed E-state index contributed by atoms with van der Waals surface area (Å²) < 4.78 is 32.1. The Hall–Kier alpha value is -2.32.